The van der Waals surface area contributed by atoms with E-state index in [4.69, 9.17) is 20.6 Å². The Morgan fingerprint density at radius 3 is 2.66 bits per heavy atom. The molecule has 1 aliphatic heterocycles. The molecule has 0 spiro atoms. The van der Waals surface area contributed by atoms with Gasteiger partial charge in [-0.15, -0.1) is 0 Å². The molecule has 2 heterocycles. The molecule has 3 aromatic carbocycles. The van der Waals surface area contributed by atoms with Gasteiger partial charge in [0.25, 0.3) is 5.91 Å². The molecule has 194 valence electrons. The molecule has 0 bridgehead atoms. The molecule has 0 saturated carbocycles. The minimum Gasteiger partial charge on any atom is -0.438 e. The normalized spacial score (nSPS) is 13.3. The summed E-state index contributed by atoms with van der Waals surface area (Å²) in [5, 5.41) is 12.0. The van der Waals surface area contributed by atoms with E-state index in [2.05, 4.69) is 15.3 Å². The van der Waals surface area contributed by atoms with Crippen molar-refractivity contribution in [2.24, 2.45) is 5.73 Å². The maximum Gasteiger partial charge on any atom is 0.255 e. The van der Waals surface area contributed by atoms with Crippen molar-refractivity contribution in [2.75, 3.05) is 48.5 Å². The number of hydrogen-bond acceptors (Lipinski definition) is 7. The highest BCUT2D eigenvalue weighted by atomic mass is 19.1. The first-order chi connectivity index (χ1) is 18.4. The van der Waals surface area contributed by atoms with Crippen LogP contribution in [0.3, 0.4) is 0 Å². The largest absolute Gasteiger partial charge is 0.438 e. The van der Waals surface area contributed by atoms with Gasteiger partial charge in [0.15, 0.2) is 5.96 Å². The summed E-state index contributed by atoms with van der Waals surface area (Å²) in [7, 11) is 1.58. The summed E-state index contributed by atoms with van der Waals surface area (Å²) in [5.74, 6) is -0.120. The molecule has 0 aliphatic carbocycles. The van der Waals surface area contributed by atoms with Crippen molar-refractivity contribution in [1.29, 1.82) is 5.41 Å². The maximum absolute atomic E-state index is 14.4. The van der Waals surface area contributed by atoms with Crippen LogP contribution in [0.2, 0.25) is 0 Å². The molecule has 4 N–H and O–H groups in total. The van der Waals surface area contributed by atoms with Crippen LogP contribution < -0.4 is 25.6 Å². The number of guanidine groups is 1. The predicted molar refractivity (Wildman–Crippen MR) is 144 cm³/mol. The maximum atomic E-state index is 14.4. The number of nitrogens with two attached hydrogens (primary N) is 1. The van der Waals surface area contributed by atoms with E-state index in [-0.39, 0.29) is 23.4 Å². The summed E-state index contributed by atoms with van der Waals surface area (Å²) < 4.78 is 25.8. The Kier molecular flexibility index (Phi) is 7.00. The van der Waals surface area contributed by atoms with E-state index in [1.807, 2.05) is 29.2 Å². The van der Waals surface area contributed by atoms with E-state index < -0.39 is 11.7 Å². The van der Waals surface area contributed by atoms with Crippen molar-refractivity contribution in [2.45, 2.75) is 0 Å². The van der Waals surface area contributed by atoms with E-state index in [1.165, 1.54) is 23.2 Å². The van der Waals surface area contributed by atoms with Gasteiger partial charge in [-0.3, -0.25) is 15.1 Å². The number of anilines is 3. The topological polar surface area (TPSA) is 130 Å². The van der Waals surface area contributed by atoms with E-state index >= 15 is 0 Å². The first-order valence-corrected chi connectivity index (χ1v) is 11.9. The summed E-state index contributed by atoms with van der Waals surface area (Å²) >= 11 is 0. The molecule has 1 aliphatic rings. The summed E-state index contributed by atoms with van der Waals surface area (Å²) in [6.07, 6.45) is 1.51. The minimum absolute atomic E-state index is 0.206. The molecule has 0 atom stereocenters. The third-order valence-corrected chi connectivity index (χ3v) is 6.15. The number of carbonyl (C=O) groups excluding carboxylic acids is 1. The first-order valence-electron chi connectivity index (χ1n) is 11.9. The van der Waals surface area contributed by atoms with Crippen LogP contribution in [-0.2, 0) is 4.74 Å². The molecule has 0 unspecified atom stereocenters. The van der Waals surface area contributed by atoms with Gasteiger partial charge < -0.3 is 25.4 Å². The lowest BCUT2D eigenvalue weighted by Crippen LogP contribution is -2.36. The van der Waals surface area contributed by atoms with Crippen LogP contribution in [0.15, 0.2) is 66.9 Å². The van der Waals surface area contributed by atoms with Gasteiger partial charge in [-0.2, -0.15) is 4.98 Å². The average Bonchev–Trinajstić information content (AvgIpc) is 2.94. The van der Waals surface area contributed by atoms with E-state index in [1.54, 1.807) is 31.3 Å². The highest BCUT2D eigenvalue weighted by Gasteiger charge is 2.17. The standard InChI is InChI=1S/C27H26FN7O3/c1-34(26(29)30)27-31-9-8-24(33-27)38-23-7-6-22(20-4-2-3-5-21(20)23)32-25(36)17-14-18(28)16-19(15-17)35-10-12-37-13-11-35/h2-9,14-16H,10-13H2,1H3,(H3,29,30)(H,32,36). The van der Waals surface area contributed by atoms with Crippen molar-refractivity contribution in [3.63, 3.8) is 0 Å². The number of rotatable bonds is 6. The Morgan fingerprint density at radius 2 is 1.89 bits per heavy atom. The quantitative estimate of drug-likeness (QED) is 0.260. The lowest BCUT2D eigenvalue weighted by atomic mass is 10.1. The molecular weight excluding hydrogens is 489 g/mol. The van der Waals surface area contributed by atoms with E-state index in [9.17, 15) is 9.18 Å². The SMILES string of the molecule is CN(C(=N)N)c1nccc(Oc2ccc(NC(=O)c3cc(F)cc(N4CCOCC4)c3)c3ccccc23)n1. The number of nitrogens with zero attached hydrogens (tertiary/aromatic N) is 4. The van der Waals surface area contributed by atoms with Crippen LogP contribution in [0.25, 0.3) is 10.8 Å². The van der Waals surface area contributed by atoms with Gasteiger partial charge in [0.05, 0.1) is 13.2 Å². The molecular formula is C27H26FN7O3. The van der Waals surface area contributed by atoms with Crippen molar-refractivity contribution in [3.8, 4) is 11.6 Å². The van der Waals surface area contributed by atoms with Gasteiger partial charge in [-0.25, -0.2) is 9.37 Å². The van der Waals surface area contributed by atoms with Crippen LogP contribution in [0.5, 0.6) is 11.6 Å². The summed E-state index contributed by atoms with van der Waals surface area (Å²) in [6, 6.07) is 16.8. The van der Waals surface area contributed by atoms with Gasteiger partial charge >= 0.3 is 0 Å². The fraction of sp³-hybridized carbons (Fsp3) is 0.185. The zero-order chi connectivity index (χ0) is 26.6. The zero-order valence-electron chi connectivity index (χ0n) is 20.6. The highest BCUT2D eigenvalue weighted by molar-refractivity contribution is 6.10. The molecule has 10 nitrogen and oxygen atoms in total. The number of fused-ring (bicyclic) bond motifs is 1. The van der Waals surface area contributed by atoms with Crippen LogP contribution in [-0.4, -0.2) is 55.2 Å². The fourth-order valence-electron chi connectivity index (χ4n) is 4.14. The van der Waals surface area contributed by atoms with Crippen LogP contribution in [0, 0.1) is 11.2 Å². The Hall–Kier alpha value is -4.77. The molecule has 1 aromatic heterocycles. The number of hydrogen-bond donors (Lipinski definition) is 3. The number of amides is 1. The number of carbonyl (C=O) groups is 1. The number of halogens is 1. The first kappa shape index (κ1) is 24.9. The predicted octanol–water partition coefficient (Wildman–Crippen LogP) is 3.98. The van der Waals surface area contributed by atoms with Gasteiger partial charge in [-0.05, 0) is 30.3 Å². The molecule has 1 saturated heterocycles. The number of nitrogens with one attached hydrogen (secondary N) is 2. The van der Waals surface area contributed by atoms with Crippen LogP contribution in [0.1, 0.15) is 10.4 Å². The molecule has 0 radical (unpaired) electrons. The molecule has 5 rings (SSSR count). The third-order valence-electron chi connectivity index (χ3n) is 6.15. The second-order valence-electron chi connectivity index (χ2n) is 8.65. The van der Waals surface area contributed by atoms with Crippen molar-refractivity contribution < 1.29 is 18.7 Å². The highest BCUT2D eigenvalue weighted by Crippen LogP contribution is 2.34. The van der Waals surface area contributed by atoms with Crippen LogP contribution in [0.4, 0.5) is 21.7 Å². The average molecular weight is 516 g/mol. The number of aromatic nitrogens is 2. The third kappa shape index (κ3) is 5.32. The Labute approximate surface area is 218 Å². The molecule has 38 heavy (non-hydrogen) atoms. The van der Waals surface area contributed by atoms with Crippen molar-refractivity contribution >= 4 is 40.0 Å². The Balaban J connectivity index is 1.41. The lowest BCUT2D eigenvalue weighted by molar-refractivity contribution is 0.102. The monoisotopic (exact) mass is 515 g/mol. The molecule has 1 amide bonds. The minimum atomic E-state index is -0.479. The molecule has 4 aromatic rings. The van der Waals surface area contributed by atoms with Gasteiger partial charge in [0.2, 0.25) is 11.8 Å². The summed E-state index contributed by atoms with van der Waals surface area (Å²) in [5.41, 5.74) is 6.94. The Morgan fingerprint density at radius 1 is 1.13 bits per heavy atom. The number of benzene rings is 3. The van der Waals surface area contributed by atoms with Gasteiger partial charge in [0, 0.05) is 60.1 Å². The van der Waals surface area contributed by atoms with E-state index in [0.29, 0.717) is 43.4 Å². The Bertz CT molecular complexity index is 1510. The fourth-order valence-corrected chi connectivity index (χ4v) is 4.14. The summed E-state index contributed by atoms with van der Waals surface area (Å²) in [6.45, 7) is 2.38. The number of morpholine rings is 1. The van der Waals surface area contributed by atoms with Gasteiger partial charge in [-0.1, -0.05) is 24.3 Å². The number of ether oxygens (including phenoxy) is 2. The van der Waals surface area contributed by atoms with Crippen molar-refractivity contribution in [1.82, 2.24) is 9.97 Å². The molecule has 11 heteroatoms. The van der Waals surface area contributed by atoms with Crippen LogP contribution >= 0.6 is 0 Å². The molecule has 1 fully saturated rings. The summed E-state index contributed by atoms with van der Waals surface area (Å²) in [4.78, 5) is 24.9. The second kappa shape index (κ2) is 10.7. The zero-order valence-corrected chi connectivity index (χ0v) is 20.6. The van der Waals surface area contributed by atoms with Crippen molar-refractivity contribution in [3.05, 3.63) is 78.2 Å². The lowest BCUT2D eigenvalue weighted by Gasteiger charge is -2.29. The van der Waals surface area contributed by atoms with E-state index in [0.717, 1.165) is 10.8 Å². The van der Waals surface area contributed by atoms with Gasteiger partial charge in [0.1, 0.15) is 11.6 Å². The smallest absolute Gasteiger partial charge is 0.255 e. The second-order valence-corrected chi connectivity index (χ2v) is 8.65.